The quantitative estimate of drug-likeness (QED) is 0.621. The van der Waals surface area contributed by atoms with Gasteiger partial charge in [-0.2, -0.15) is 4.80 Å². The average Bonchev–Trinajstić information content (AvgIpc) is 2.77. The Balaban J connectivity index is 2.06. The summed E-state index contributed by atoms with van der Waals surface area (Å²) in [7, 11) is 1.69. The van der Waals surface area contributed by atoms with Gasteiger partial charge in [0.1, 0.15) is 5.82 Å². The highest BCUT2D eigenvalue weighted by Gasteiger charge is 2.14. The molecule has 0 bridgehead atoms. The van der Waals surface area contributed by atoms with E-state index in [0.29, 0.717) is 23.7 Å². The molecule has 0 aliphatic carbocycles. The van der Waals surface area contributed by atoms with E-state index in [1.165, 1.54) is 16.9 Å². The molecule has 1 aromatic carbocycles. The third-order valence-corrected chi connectivity index (χ3v) is 3.05. The number of aryl methyl sites for hydroxylation is 1. The number of hydrogen-bond donors (Lipinski definition) is 2. The number of hydrazine groups is 1. The maximum atomic E-state index is 13.0. The smallest absolute Gasteiger partial charge is 0.176 e. The maximum Gasteiger partial charge on any atom is 0.176 e. The Labute approximate surface area is 114 Å². The Kier molecular flexibility index (Phi) is 4.41. The van der Waals surface area contributed by atoms with Crippen LogP contribution < -0.4 is 11.3 Å². The summed E-state index contributed by atoms with van der Waals surface area (Å²) in [5.74, 6) is 5.73. The lowest BCUT2D eigenvalue weighted by atomic mass is 10.0. The number of halogens is 2. The Bertz CT molecular complexity index is 558. The summed E-state index contributed by atoms with van der Waals surface area (Å²) in [5, 5.41) is 12.1. The molecule has 1 atom stereocenters. The van der Waals surface area contributed by atoms with E-state index in [4.69, 9.17) is 17.4 Å². The number of hydrogen-bond acceptors (Lipinski definition) is 5. The highest BCUT2D eigenvalue weighted by Crippen LogP contribution is 2.19. The molecule has 0 amide bonds. The molecule has 102 valence electrons. The summed E-state index contributed by atoms with van der Waals surface area (Å²) in [6.45, 7) is 0. The minimum Gasteiger partial charge on any atom is -0.271 e. The second kappa shape index (κ2) is 6.05. The van der Waals surface area contributed by atoms with Gasteiger partial charge in [0.05, 0.1) is 7.05 Å². The van der Waals surface area contributed by atoms with Crippen LogP contribution in [0.1, 0.15) is 11.4 Å². The summed E-state index contributed by atoms with van der Waals surface area (Å²) in [5.41, 5.74) is 3.50. The van der Waals surface area contributed by atoms with Gasteiger partial charge in [0.25, 0.3) is 0 Å². The molecule has 1 aromatic heterocycles. The van der Waals surface area contributed by atoms with Crippen LogP contribution in [-0.4, -0.2) is 26.2 Å². The van der Waals surface area contributed by atoms with Gasteiger partial charge in [-0.15, -0.1) is 10.2 Å². The number of nitrogens with one attached hydrogen (secondary N) is 1. The van der Waals surface area contributed by atoms with Gasteiger partial charge in [-0.05, 0) is 29.3 Å². The third kappa shape index (κ3) is 3.69. The van der Waals surface area contributed by atoms with Crippen molar-refractivity contribution in [2.75, 3.05) is 0 Å². The Hall–Kier alpha value is -1.57. The van der Waals surface area contributed by atoms with Gasteiger partial charge in [-0.3, -0.25) is 11.3 Å². The molecule has 1 heterocycles. The number of nitrogens with zero attached hydrogens (tertiary/aromatic N) is 4. The van der Waals surface area contributed by atoms with Crippen molar-refractivity contribution < 1.29 is 4.39 Å². The zero-order chi connectivity index (χ0) is 13.8. The number of aromatic nitrogens is 4. The Morgan fingerprint density at radius 1 is 1.47 bits per heavy atom. The fourth-order valence-corrected chi connectivity index (χ4v) is 2.01. The number of rotatable bonds is 5. The lowest BCUT2D eigenvalue weighted by Gasteiger charge is -2.14. The van der Waals surface area contributed by atoms with Gasteiger partial charge in [-0.1, -0.05) is 17.7 Å². The molecule has 0 aliphatic heterocycles. The van der Waals surface area contributed by atoms with Crippen LogP contribution in [0.4, 0.5) is 4.39 Å². The van der Waals surface area contributed by atoms with Crippen molar-refractivity contribution >= 4 is 11.6 Å². The van der Waals surface area contributed by atoms with E-state index >= 15 is 0 Å². The summed E-state index contributed by atoms with van der Waals surface area (Å²) < 4.78 is 13.0. The SMILES string of the molecule is Cn1nnc(CC(Cc2ccc(F)cc2Cl)NN)n1. The van der Waals surface area contributed by atoms with Crippen LogP contribution in [-0.2, 0) is 19.9 Å². The molecule has 2 aromatic rings. The number of tetrazole rings is 1. The van der Waals surface area contributed by atoms with E-state index in [9.17, 15) is 4.39 Å². The largest absolute Gasteiger partial charge is 0.271 e. The monoisotopic (exact) mass is 284 g/mol. The van der Waals surface area contributed by atoms with Gasteiger partial charge >= 0.3 is 0 Å². The maximum absolute atomic E-state index is 13.0. The number of nitrogens with two attached hydrogens (primary N) is 1. The Morgan fingerprint density at radius 2 is 2.26 bits per heavy atom. The van der Waals surface area contributed by atoms with Crippen molar-refractivity contribution in [1.29, 1.82) is 0 Å². The summed E-state index contributed by atoms with van der Waals surface area (Å²) >= 11 is 5.98. The lowest BCUT2D eigenvalue weighted by Crippen LogP contribution is -2.38. The molecular weight excluding hydrogens is 271 g/mol. The first kappa shape index (κ1) is 13.9. The van der Waals surface area contributed by atoms with E-state index < -0.39 is 0 Å². The van der Waals surface area contributed by atoms with Gasteiger partial charge in [-0.25, -0.2) is 4.39 Å². The molecule has 0 radical (unpaired) electrons. The molecule has 8 heteroatoms. The first-order valence-corrected chi connectivity index (χ1v) is 6.09. The molecule has 2 rings (SSSR count). The standard InChI is InChI=1S/C11H14ClFN6/c1-19-17-11(16-18-19)6-9(15-14)4-7-2-3-8(13)5-10(7)12/h2-3,5,9,15H,4,6,14H2,1H3. The zero-order valence-corrected chi connectivity index (χ0v) is 11.1. The van der Waals surface area contributed by atoms with Crippen LogP contribution in [0.15, 0.2) is 18.2 Å². The fourth-order valence-electron chi connectivity index (χ4n) is 1.77. The van der Waals surface area contributed by atoms with Crippen LogP contribution in [0.3, 0.4) is 0 Å². The van der Waals surface area contributed by atoms with E-state index in [0.717, 1.165) is 5.56 Å². The highest BCUT2D eigenvalue weighted by molar-refractivity contribution is 6.31. The predicted molar refractivity (Wildman–Crippen MR) is 68.7 cm³/mol. The normalized spacial score (nSPS) is 12.6. The predicted octanol–water partition coefficient (Wildman–Crippen LogP) is 0.620. The first-order chi connectivity index (χ1) is 9.08. The van der Waals surface area contributed by atoms with Crippen molar-refractivity contribution in [3.8, 4) is 0 Å². The minimum atomic E-state index is -0.360. The van der Waals surface area contributed by atoms with Crippen LogP contribution in [0.2, 0.25) is 5.02 Å². The summed E-state index contributed by atoms with van der Waals surface area (Å²) in [6.07, 6.45) is 1.06. The van der Waals surface area contributed by atoms with Gasteiger partial charge < -0.3 is 0 Å². The van der Waals surface area contributed by atoms with Gasteiger partial charge in [0.2, 0.25) is 0 Å². The van der Waals surface area contributed by atoms with Crippen molar-refractivity contribution in [3.63, 3.8) is 0 Å². The molecule has 19 heavy (non-hydrogen) atoms. The van der Waals surface area contributed by atoms with Crippen LogP contribution in [0, 0.1) is 5.82 Å². The molecule has 0 saturated carbocycles. The minimum absolute atomic E-state index is 0.104. The molecule has 0 fully saturated rings. The first-order valence-electron chi connectivity index (χ1n) is 5.71. The second-order valence-electron chi connectivity index (χ2n) is 4.20. The molecule has 6 nitrogen and oxygen atoms in total. The van der Waals surface area contributed by atoms with Gasteiger partial charge in [0, 0.05) is 17.5 Å². The molecule has 0 saturated heterocycles. The molecule has 0 aliphatic rings. The second-order valence-corrected chi connectivity index (χ2v) is 4.61. The van der Waals surface area contributed by atoms with Gasteiger partial charge in [0.15, 0.2) is 5.82 Å². The van der Waals surface area contributed by atoms with Crippen LogP contribution in [0.5, 0.6) is 0 Å². The fraction of sp³-hybridized carbons (Fsp3) is 0.364. The summed E-state index contributed by atoms with van der Waals surface area (Å²) in [4.78, 5) is 1.38. The van der Waals surface area contributed by atoms with Crippen molar-refractivity contribution in [3.05, 3.63) is 40.4 Å². The zero-order valence-electron chi connectivity index (χ0n) is 10.3. The van der Waals surface area contributed by atoms with Crippen LogP contribution >= 0.6 is 11.6 Å². The van der Waals surface area contributed by atoms with E-state index in [1.54, 1.807) is 13.1 Å². The van der Waals surface area contributed by atoms with Crippen molar-refractivity contribution in [2.24, 2.45) is 12.9 Å². The highest BCUT2D eigenvalue weighted by atomic mass is 35.5. The van der Waals surface area contributed by atoms with E-state index in [2.05, 4.69) is 20.8 Å². The van der Waals surface area contributed by atoms with E-state index in [1.807, 2.05) is 0 Å². The molecular formula is C11H14ClFN6. The molecule has 3 N–H and O–H groups in total. The lowest BCUT2D eigenvalue weighted by molar-refractivity contribution is 0.509. The third-order valence-electron chi connectivity index (χ3n) is 2.70. The van der Waals surface area contributed by atoms with Crippen molar-refractivity contribution in [1.82, 2.24) is 25.6 Å². The van der Waals surface area contributed by atoms with E-state index in [-0.39, 0.29) is 11.9 Å². The van der Waals surface area contributed by atoms with Crippen molar-refractivity contribution in [2.45, 2.75) is 18.9 Å². The topological polar surface area (TPSA) is 81.7 Å². The van der Waals surface area contributed by atoms with Crippen LogP contribution in [0.25, 0.3) is 0 Å². The molecule has 1 unspecified atom stereocenters. The average molecular weight is 285 g/mol. The molecule has 0 spiro atoms. The Morgan fingerprint density at radius 3 is 2.84 bits per heavy atom. The number of benzene rings is 1. The summed E-state index contributed by atoms with van der Waals surface area (Å²) in [6, 6.07) is 4.19.